The van der Waals surface area contributed by atoms with Gasteiger partial charge in [-0.15, -0.1) is 0 Å². The summed E-state index contributed by atoms with van der Waals surface area (Å²) in [5.74, 6) is -3.58. The third-order valence-electron chi connectivity index (χ3n) is 2.98. The van der Waals surface area contributed by atoms with E-state index in [1.807, 2.05) is 0 Å². The van der Waals surface area contributed by atoms with Crippen LogP contribution in [0.15, 0.2) is 18.2 Å². The van der Waals surface area contributed by atoms with Gasteiger partial charge in [-0.3, -0.25) is 9.59 Å². The number of rotatable bonds is 5. The van der Waals surface area contributed by atoms with Crippen molar-refractivity contribution >= 4 is 17.5 Å². The normalized spacial score (nSPS) is 12.6. The van der Waals surface area contributed by atoms with Gasteiger partial charge in [0.15, 0.2) is 0 Å². The molecule has 3 N–H and O–H groups in total. The van der Waals surface area contributed by atoms with Gasteiger partial charge in [-0.2, -0.15) is 13.2 Å². The largest absolute Gasteiger partial charge is 0.418 e. The average molecular weight is 336 g/mol. The van der Waals surface area contributed by atoms with Crippen molar-refractivity contribution < 1.29 is 32.3 Å². The van der Waals surface area contributed by atoms with Gasteiger partial charge in [-0.25, -0.2) is 4.39 Å². The summed E-state index contributed by atoms with van der Waals surface area (Å²) in [6, 6.07) is 1.69. The molecule has 9 heteroatoms. The minimum absolute atomic E-state index is 0.00317. The maximum Gasteiger partial charge on any atom is 0.418 e. The Labute approximate surface area is 129 Å². The maximum atomic E-state index is 12.9. The first-order chi connectivity index (χ1) is 10.6. The first-order valence-corrected chi connectivity index (χ1v) is 6.79. The van der Waals surface area contributed by atoms with E-state index < -0.39 is 41.2 Å². The number of hydrogen-bond donors (Lipinski definition) is 3. The highest BCUT2D eigenvalue weighted by Gasteiger charge is 2.34. The van der Waals surface area contributed by atoms with Crippen LogP contribution in [-0.2, 0) is 15.8 Å². The number of aliphatic hydroxyl groups is 1. The Kier molecular flexibility index (Phi) is 6.49. The number of alkyl halides is 3. The Morgan fingerprint density at radius 2 is 1.91 bits per heavy atom. The fourth-order valence-corrected chi connectivity index (χ4v) is 1.68. The maximum absolute atomic E-state index is 12.9. The number of carbonyl (C=O) groups excluding carboxylic acids is 2. The predicted molar refractivity (Wildman–Crippen MR) is 74.0 cm³/mol. The van der Waals surface area contributed by atoms with Crippen LogP contribution >= 0.6 is 0 Å². The Balaban J connectivity index is 2.72. The number of hydrogen-bond acceptors (Lipinski definition) is 3. The summed E-state index contributed by atoms with van der Waals surface area (Å²) in [4.78, 5) is 23.1. The quantitative estimate of drug-likeness (QED) is 0.569. The van der Waals surface area contributed by atoms with E-state index in [1.165, 1.54) is 0 Å². The van der Waals surface area contributed by atoms with Crippen LogP contribution in [0.2, 0.25) is 0 Å². The zero-order valence-corrected chi connectivity index (χ0v) is 12.2. The van der Waals surface area contributed by atoms with Crippen molar-refractivity contribution in [2.75, 3.05) is 11.9 Å². The van der Waals surface area contributed by atoms with Crippen LogP contribution in [0.1, 0.15) is 25.3 Å². The summed E-state index contributed by atoms with van der Waals surface area (Å²) < 4.78 is 51.2. The zero-order chi connectivity index (χ0) is 17.6. The van der Waals surface area contributed by atoms with Crippen LogP contribution in [-0.4, -0.2) is 29.6 Å². The van der Waals surface area contributed by atoms with Gasteiger partial charge in [-0.1, -0.05) is 6.92 Å². The lowest BCUT2D eigenvalue weighted by Crippen LogP contribution is -2.37. The number of amides is 2. The highest BCUT2D eigenvalue weighted by atomic mass is 19.4. The van der Waals surface area contributed by atoms with Crippen LogP contribution in [0.4, 0.5) is 23.2 Å². The van der Waals surface area contributed by atoms with E-state index in [0.717, 1.165) is 12.1 Å². The molecule has 1 aromatic carbocycles. The molecule has 1 atom stereocenters. The van der Waals surface area contributed by atoms with Crippen LogP contribution in [0.3, 0.4) is 0 Å². The number of anilines is 1. The Morgan fingerprint density at radius 3 is 2.48 bits per heavy atom. The molecule has 0 fully saturated rings. The zero-order valence-electron chi connectivity index (χ0n) is 12.2. The Morgan fingerprint density at radius 1 is 1.26 bits per heavy atom. The van der Waals surface area contributed by atoms with Gasteiger partial charge in [0.1, 0.15) is 5.82 Å². The summed E-state index contributed by atoms with van der Waals surface area (Å²) in [5.41, 5.74) is -2.10. The summed E-state index contributed by atoms with van der Waals surface area (Å²) in [5, 5.41) is 13.3. The molecule has 0 radical (unpaired) electrons. The van der Waals surface area contributed by atoms with Gasteiger partial charge in [0.25, 0.3) is 0 Å². The van der Waals surface area contributed by atoms with Gasteiger partial charge < -0.3 is 15.7 Å². The smallest absolute Gasteiger partial charge is 0.393 e. The molecular weight excluding hydrogens is 320 g/mol. The van der Waals surface area contributed by atoms with Crippen molar-refractivity contribution in [1.29, 1.82) is 0 Å². The molecule has 0 saturated heterocycles. The average Bonchev–Trinajstić information content (AvgIpc) is 2.47. The molecule has 1 aromatic rings. The topological polar surface area (TPSA) is 78.4 Å². The van der Waals surface area contributed by atoms with Crippen molar-refractivity contribution in [1.82, 2.24) is 5.32 Å². The van der Waals surface area contributed by atoms with Crippen molar-refractivity contribution in [3.05, 3.63) is 29.6 Å². The minimum atomic E-state index is -4.88. The first kappa shape index (κ1) is 18.9. The molecular formula is C14H16F4N2O3. The van der Waals surface area contributed by atoms with Crippen molar-refractivity contribution in [3.8, 4) is 0 Å². The number of nitrogens with one attached hydrogen (secondary N) is 2. The van der Waals surface area contributed by atoms with Gasteiger partial charge >= 0.3 is 18.0 Å². The van der Waals surface area contributed by atoms with Crippen LogP contribution in [0, 0.1) is 5.82 Å². The minimum Gasteiger partial charge on any atom is -0.393 e. The van der Waals surface area contributed by atoms with Crippen molar-refractivity contribution in [2.45, 2.75) is 32.0 Å². The molecule has 0 bridgehead atoms. The number of aliphatic hydroxyl groups excluding tert-OH is 1. The molecule has 128 valence electrons. The van der Waals surface area contributed by atoms with E-state index in [2.05, 4.69) is 5.32 Å². The van der Waals surface area contributed by atoms with E-state index in [-0.39, 0.29) is 19.0 Å². The summed E-state index contributed by atoms with van der Waals surface area (Å²) >= 11 is 0. The highest BCUT2D eigenvalue weighted by Crippen LogP contribution is 2.35. The van der Waals surface area contributed by atoms with Gasteiger partial charge in [0.2, 0.25) is 0 Å². The fraction of sp³-hybridized carbons (Fsp3) is 0.429. The lowest BCUT2D eigenvalue weighted by atomic mass is 10.1. The van der Waals surface area contributed by atoms with Crippen LogP contribution in [0.25, 0.3) is 0 Å². The highest BCUT2D eigenvalue weighted by molar-refractivity contribution is 6.39. The lowest BCUT2D eigenvalue weighted by Gasteiger charge is -2.14. The van der Waals surface area contributed by atoms with Gasteiger partial charge in [0, 0.05) is 6.54 Å². The van der Waals surface area contributed by atoms with Crippen LogP contribution in [0.5, 0.6) is 0 Å². The number of benzene rings is 1. The fourth-order valence-electron chi connectivity index (χ4n) is 1.68. The van der Waals surface area contributed by atoms with E-state index >= 15 is 0 Å². The number of carbonyl (C=O) groups is 2. The monoisotopic (exact) mass is 336 g/mol. The number of halogens is 4. The molecule has 0 spiro atoms. The summed E-state index contributed by atoms with van der Waals surface area (Å²) in [6.07, 6.45) is -4.86. The summed E-state index contributed by atoms with van der Waals surface area (Å²) in [7, 11) is 0. The van der Waals surface area contributed by atoms with E-state index in [0.29, 0.717) is 6.42 Å². The second kappa shape index (κ2) is 7.91. The van der Waals surface area contributed by atoms with E-state index in [4.69, 9.17) is 0 Å². The molecule has 2 amide bonds. The third-order valence-corrected chi connectivity index (χ3v) is 2.98. The van der Waals surface area contributed by atoms with Gasteiger partial charge in [-0.05, 0) is 31.0 Å². The molecule has 5 nitrogen and oxygen atoms in total. The molecule has 0 aliphatic rings. The lowest BCUT2D eigenvalue weighted by molar-refractivity contribution is -0.138. The molecule has 0 aromatic heterocycles. The Hall–Kier alpha value is -2.16. The second-order valence-corrected chi connectivity index (χ2v) is 4.75. The predicted octanol–water partition coefficient (Wildman–Crippen LogP) is 2.06. The Bertz CT molecular complexity index is 576. The van der Waals surface area contributed by atoms with Crippen molar-refractivity contribution in [2.24, 2.45) is 0 Å². The molecule has 0 aliphatic carbocycles. The van der Waals surface area contributed by atoms with E-state index in [9.17, 15) is 32.3 Å². The molecule has 23 heavy (non-hydrogen) atoms. The van der Waals surface area contributed by atoms with E-state index in [1.54, 1.807) is 12.2 Å². The summed E-state index contributed by atoms with van der Waals surface area (Å²) in [6.45, 7) is 1.73. The molecule has 1 rings (SSSR count). The SMILES string of the molecule is CCC(O)CCNC(=O)C(=O)Nc1ccc(F)cc1C(F)(F)F. The van der Waals surface area contributed by atoms with Crippen molar-refractivity contribution in [3.63, 3.8) is 0 Å². The molecule has 1 unspecified atom stereocenters. The molecule has 0 aliphatic heterocycles. The second-order valence-electron chi connectivity index (χ2n) is 4.75. The molecule has 0 heterocycles. The third kappa shape index (κ3) is 5.85. The molecule has 0 saturated carbocycles. The van der Waals surface area contributed by atoms with Crippen LogP contribution < -0.4 is 10.6 Å². The standard InChI is InChI=1S/C14H16F4N2O3/c1-2-9(21)5-6-19-12(22)13(23)20-11-4-3-8(15)7-10(11)14(16,17)18/h3-4,7,9,21H,2,5-6H2,1H3,(H,19,22)(H,20,23). The van der Waals surface area contributed by atoms with Gasteiger partial charge in [0.05, 0.1) is 17.4 Å². The first-order valence-electron chi connectivity index (χ1n) is 6.79.